The maximum absolute atomic E-state index is 12.5. The summed E-state index contributed by atoms with van der Waals surface area (Å²) in [6, 6.07) is 0.245. The number of aliphatic hydroxyl groups is 2. The lowest BCUT2D eigenvalue weighted by Gasteiger charge is -2.19. The van der Waals surface area contributed by atoms with Crippen molar-refractivity contribution < 1.29 is 80.5 Å². The Morgan fingerprint density at radius 1 is 0.839 bits per heavy atom. The Bertz CT molecular complexity index is 2030. The van der Waals surface area contributed by atoms with Crippen LogP contribution in [-0.2, 0) is 46.0 Å². The number of aromatic amines is 1. The Labute approximate surface area is 357 Å². The molecule has 0 aliphatic carbocycles. The van der Waals surface area contributed by atoms with Crippen molar-refractivity contribution in [1.82, 2.24) is 36.1 Å². The first-order valence-electron chi connectivity index (χ1n) is 19.4. The zero-order valence-electron chi connectivity index (χ0n) is 33.1. The number of carbonyl (C=O) groups is 4. The largest absolute Gasteiger partial charge is 0.490 e. The monoisotopic (exact) mass is 963 g/mol. The van der Waals surface area contributed by atoms with Crippen molar-refractivity contribution in [2.24, 2.45) is 0 Å². The molecule has 0 bridgehead atoms. The minimum atomic E-state index is -5.83. The van der Waals surface area contributed by atoms with Gasteiger partial charge < -0.3 is 61.1 Å². The van der Waals surface area contributed by atoms with Crippen molar-refractivity contribution in [3.8, 4) is 0 Å². The van der Waals surface area contributed by atoms with Crippen LogP contribution in [0.25, 0.3) is 6.08 Å². The Hall–Kier alpha value is -3.26. The molecule has 3 saturated heterocycles. The lowest BCUT2D eigenvalue weighted by molar-refractivity contribution is -0.122. The summed E-state index contributed by atoms with van der Waals surface area (Å²) in [6.45, 7) is -0.384. The van der Waals surface area contributed by atoms with Gasteiger partial charge in [0.05, 0.1) is 24.3 Å². The third-order valence-corrected chi connectivity index (χ3v) is 14.8. The van der Waals surface area contributed by atoms with Crippen LogP contribution in [0.15, 0.2) is 21.9 Å². The third kappa shape index (κ3) is 17.0. The summed E-state index contributed by atoms with van der Waals surface area (Å²) in [6.07, 6.45) is 2.29. The van der Waals surface area contributed by atoms with Crippen molar-refractivity contribution in [3.63, 3.8) is 0 Å². The molecule has 0 aromatic carbocycles. The Kier molecular flexibility index (Phi) is 19.6. The van der Waals surface area contributed by atoms with Crippen LogP contribution < -0.4 is 37.8 Å². The van der Waals surface area contributed by atoms with Gasteiger partial charge in [-0.15, -0.1) is 0 Å². The molecule has 62 heavy (non-hydrogen) atoms. The zero-order valence-corrected chi connectivity index (χ0v) is 36.6. The summed E-state index contributed by atoms with van der Waals surface area (Å²) in [7, 11) is -17.1. The number of amides is 5. The second-order valence-electron chi connectivity index (χ2n) is 14.4. The highest BCUT2D eigenvalue weighted by Crippen LogP contribution is 2.66. The average Bonchev–Trinajstić information content (AvgIpc) is 3.81. The molecule has 5 amide bonds. The van der Waals surface area contributed by atoms with Gasteiger partial charge in [-0.3, -0.25) is 33.3 Å². The zero-order chi connectivity index (χ0) is 45.7. The van der Waals surface area contributed by atoms with E-state index in [4.69, 9.17) is 14.5 Å². The van der Waals surface area contributed by atoms with Gasteiger partial charge in [-0.1, -0.05) is 25.0 Å². The number of unbranched alkanes of at least 4 members (excludes halogenated alkanes) is 3. The van der Waals surface area contributed by atoms with Gasteiger partial charge >= 0.3 is 35.2 Å². The lowest BCUT2D eigenvalue weighted by Crippen LogP contribution is -2.38. The summed E-state index contributed by atoms with van der Waals surface area (Å²) in [5.41, 5.74) is -2.13. The van der Waals surface area contributed by atoms with E-state index in [1.54, 1.807) is 0 Å². The number of phosphoric acid groups is 3. The minimum Gasteiger partial charge on any atom is -0.387 e. The van der Waals surface area contributed by atoms with Crippen LogP contribution in [0, 0.1) is 0 Å². The second-order valence-corrected chi connectivity index (χ2v) is 20.1. The van der Waals surface area contributed by atoms with E-state index >= 15 is 0 Å². The van der Waals surface area contributed by atoms with E-state index in [-0.39, 0.29) is 60.9 Å². The number of nitrogens with one attached hydrogen (secondary N) is 6. The molecule has 26 nitrogen and oxygen atoms in total. The van der Waals surface area contributed by atoms with Crippen LogP contribution in [0.5, 0.6) is 0 Å². The number of hydrogen-bond acceptors (Lipinski definition) is 16. The molecule has 0 saturated carbocycles. The van der Waals surface area contributed by atoms with Gasteiger partial charge in [0.15, 0.2) is 6.23 Å². The summed E-state index contributed by atoms with van der Waals surface area (Å²) in [4.78, 5) is 111. The summed E-state index contributed by atoms with van der Waals surface area (Å²) in [5, 5.41) is 35.4. The molecule has 3 aliphatic heterocycles. The van der Waals surface area contributed by atoms with Crippen LogP contribution in [-0.4, -0.2) is 131 Å². The van der Waals surface area contributed by atoms with Crippen LogP contribution >= 0.6 is 35.2 Å². The molecular weight excluding hydrogens is 911 g/mol. The number of hydrogen-bond donors (Lipinski definition) is 12. The highest BCUT2D eigenvalue weighted by molar-refractivity contribution is 8.00. The van der Waals surface area contributed by atoms with Crippen LogP contribution in [0.2, 0.25) is 0 Å². The molecular formula is C32H52N7O19P3S. The molecule has 3 aliphatic rings. The van der Waals surface area contributed by atoms with Crippen LogP contribution in [0.4, 0.5) is 4.79 Å². The minimum absolute atomic E-state index is 0.00370. The smallest absolute Gasteiger partial charge is 0.387 e. The van der Waals surface area contributed by atoms with E-state index < -0.39 is 65.9 Å². The van der Waals surface area contributed by atoms with Crippen molar-refractivity contribution in [2.45, 2.75) is 106 Å². The maximum atomic E-state index is 12.5. The van der Waals surface area contributed by atoms with E-state index in [2.05, 4.69) is 39.7 Å². The van der Waals surface area contributed by atoms with Gasteiger partial charge in [-0.2, -0.15) is 20.4 Å². The number of urea groups is 1. The normalized spacial score (nSPS) is 25.4. The fourth-order valence-corrected chi connectivity index (χ4v) is 11.1. The van der Waals surface area contributed by atoms with Gasteiger partial charge in [0.1, 0.15) is 18.3 Å². The van der Waals surface area contributed by atoms with Gasteiger partial charge in [0.2, 0.25) is 17.7 Å². The van der Waals surface area contributed by atoms with Crippen molar-refractivity contribution in [2.75, 3.05) is 32.0 Å². The molecule has 0 spiro atoms. The number of nitrogens with zero attached hydrogens (tertiary/aromatic N) is 1. The standard InChI is InChI=1S/C32H52N7O19P3S/c40-23(10-2-1-5-13-33-24(41)11-4-3-9-22-26-20(18-62-22)36-31(46)37-26)35-15-7-12-25(42)34-14-6-8-19-16-39(32(47)38-29(19)45)30-28(44)27(43)21(56-30)17-55-60(51,52)58-61(53,54)57-59(48,49)50/h6,8,16,20-22,26-28,30,43-44H,1-5,7,9-15,17-18H2,(H,33,41)(H,34,42)(H,35,40)(H,51,52)(H,53,54)(H2,36,37,46)(H,38,45,47)(H2,48,49,50)/b8-6+/t20-,21+,22-,26-,27?,28-,30+/m0/s1. The molecule has 4 heterocycles. The fourth-order valence-electron chi connectivity index (χ4n) is 6.57. The van der Waals surface area contributed by atoms with Crippen molar-refractivity contribution in [3.05, 3.63) is 38.7 Å². The number of aromatic nitrogens is 2. The first-order chi connectivity index (χ1) is 29.1. The Balaban J connectivity index is 1.06. The lowest BCUT2D eigenvalue weighted by atomic mass is 10.0. The number of H-pyrrole nitrogens is 1. The molecule has 1 aromatic rings. The first kappa shape index (κ1) is 51.4. The number of ether oxygens (including phenoxy) is 1. The molecule has 4 rings (SSSR count). The molecule has 1 aromatic heterocycles. The Morgan fingerprint density at radius 3 is 2.18 bits per heavy atom. The molecule has 30 heteroatoms. The molecule has 12 N–H and O–H groups in total. The first-order valence-corrected chi connectivity index (χ1v) is 25.0. The number of thioether (sulfide) groups is 1. The van der Waals surface area contributed by atoms with E-state index in [9.17, 15) is 62.5 Å². The predicted octanol–water partition coefficient (Wildman–Crippen LogP) is -1.07. The highest BCUT2D eigenvalue weighted by atomic mass is 32.2. The van der Waals surface area contributed by atoms with E-state index in [1.165, 1.54) is 12.2 Å². The fraction of sp³-hybridized carbons (Fsp3) is 0.688. The van der Waals surface area contributed by atoms with E-state index in [0.717, 1.165) is 44.1 Å². The third-order valence-electron chi connectivity index (χ3n) is 9.53. The van der Waals surface area contributed by atoms with Gasteiger partial charge in [-0.05, 0) is 32.1 Å². The topological polar surface area (TPSA) is 393 Å². The van der Waals surface area contributed by atoms with Gasteiger partial charge in [-0.25, -0.2) is 23.3 Å². The SMILES string of the molecule is O=C(CCCNC(=O)CCCCCNC(=O)CCCC[C@@H]1SC[C@@H]2NC(=O)N[C@@H]21)NC/C=C/c1cn([C@@H]2O[C@H](COP(=O)(O)OP(=O)(O)OP(=O)(O)O)C(O)[C@@H]2O)c(=O)[nH]c1=O. The van der Waals surface area contributed by atoms with Crippen LogP contribution in [0.1, 0.15) is 76.0 Å². The Morgan fingerprint density at radius 2 is 1.48 bits per heavy atom. The van der Waals surface area contributed by atoms with Crippen molar-refractivity contribution >= 4 is 65.1 Å². The number of rotatable bonds is 26. The van der Waals surface area contributed by atoms with Gasteiger partial charge in [0, 0.05) is 56.1 Å². The summed E-state index contributed by atoms with van der Waals surface area (Å²) >= 11 is 1.85. The molecule has 9 atom stereocenters. The van der Waals surface area contributed by atoms with Crippen molar-refractivity contribution in [1.29, 1.82) is 0 Å². The predicted molar refractivity (Wildman–Crippen MR) is 217 cm³/mol. The molecule has 3 unspecified atom stereocenters. The van der Waals surface area contributed by atoms with E-state index in [0.29, 0.717) is 42.0 Å². The number of phosphoric ester groups is 1. The highest BCUT2D eigenvalue weighted by Gasteiger charge is 2.47. The van der Waals surface area contributed by atoms with Gasteiger partial charge in [0.25, 0.3) is 5.56 Å². The molecule has 3 fully saturated rings. The molecule has 350 valence electrons. The number of fused-ring (bicyclic) bond motifs is 1. The van der Waals surface area contributed by atoms with Crippen LogP contribution in [0.3, 0.4) is 0 Å². The summed E-state index contributed by atoms with van der Waals surface area (Å²) in [5.74, 6) is 0.388. The molecule has 0 radical (unpaired) electrons. The number of carbonyl (C=O) groups excluding carboxylic acids is 4. The maximum Gasteiger partial charge on any atom is 0.490 e. The average molecular weight is 964 g/mol. The number of aliphatic hydroxyl groups excluding tert-OH is 2. The van der Waals surface area contributed by atoms with E-state index in [1.807, 2.05) is 16.7 Å². The second kappa shape index (κ2) is 23.6. The quantitative estimate of drug-likeness (QED) is 0.0299. The summed E-state index contributed by atoms with van der Waals surface area (Å²) < 4.78 is 52.0.